The molecule has 2 aromatic carbocycles. The van der Waals surface area contributed by atoms with E-state index in [1.807, 2.05) is 36.1 Å². The van der Waals surface area contributed by atoms with E-state index >= 15 is 0 Å². The lowest BCUT2D eigenvalue weighted by atomic mass is 10.1. The summed E-state index contributed by atoms with van der Waals surface area (Å²) in [6, 6.07) is 16.5. The fourth-order valence-electron chi connectivity index (χ4n) is 3.47. The van der Waals surface area contributed by atoms with E-state index in [0.717, 1.165) is 24.1 Å². The summed E-state index contributed by atoms with van der Waals surface area (Å²) >= 11 is 0. The highest BCUT2D eigenvalue weighted by molar-refractivity contribution is 5.79. The van der Waals surface area contributed by atoms with Crippen LogP contribution in [-0.2, 0) is 11.2 Å². The van der Waals surface area contributed by atoms with Crippen LogP contribution in [0, 0.1) is 13.8 Å². The van der Waals surface area contributed by atoms with Crippen molar-refractivity contribution in [2.45, 2.75) is 32.6 Å². The first-order valence-corrected chi connectivity index (χ1v) is 9.32. The number of benzene rings is 2. The molecule has 4 rings (SSSR count). The largest absolute Gasteiger partial charge is 0.342 e. The first-order valence-electron chi connectivity index (χ1n) is 9.32. The van der Waals surface area contributed by atoms with Crippen LogP contribution in [-0.4, -0.2) is 34.0 Å². The maximum Gasteiger partial charge on any atom is 0.232 e. The summed E-state index contributed by atoms with van der Waals surface area (Å²) in [6.07, 6.45) is 1.29. The highest BCUT2D eigenvalue weighted by Gasteiger charge is 2.34. The topological polar surface area (TPSA) is 59.2 Å². The minimum atomic E-state index is -0.0263. The van der Waals surface area contributed by atoms with E-state index in [-0.39, 0.29) is 11.8 Å². The Labute approximate surface area is 159 Å². The Morgan fingerprint density at radius 1 is 1.11 bits per heavy atom. The third kappa shape index (κ3) is 3.92. The molecule has 1 atom stereocenters. The van der Waals surface area contributed by atoms with Crippen LogP contribution in [0.15, 0.2) is 53.1 Å². The number of carbonyl (C=O) groups is 1. The van der Waals surface area contributed by atoms with E-state index in [1.165, 1.54) is 11.1 Å². The maximum atomic E-state index is 12.4. The molecule has 0 spiro atoms. The van der Waals surface area contributed by atoms with Gasteiger partial charge in [0, 0.05) is 25.1 Å². The Morgan fingerprint density at radius 3 is 2.70 bits per heavy atom. The number of amides is 1. The highest BCUT2D eigenvalue weighted by atomic mass is 16.5. The van der Waals surface area contributed by atoms with Crippen LogP contribution in [0.2, 0.25) is 0 Å². The summed E-state index contributed by atoms with van der Waals surface area (Å²) in [7, 11) is 0. The minimum absolute atomic E-state index is 0.0263. The quantitative estimate of drug-likeness (QED) is 0.691. The lowest BCUT2D eigenvalue weighted by Gasteiger charge is -2.15. The van der Waals surface area contributed by atoms with Gasteiger partial charge in [0.15, 0.2) is 0 Å². The molecule has 0 bridgehead atoms. The molecule has 0 radical (unpaired) electrons. The van der Waals surface area contributed by atoms with E-state index in [1.54, 1.807) is 0 Å². The standard InChI is InChI=1S/C22H23N3O2/c1-15-6-8-17(9-7-15)10-11-25-14-19(13-20(25)26)22-23-21(24-27-22)18-5-3-4-16(2)12-18/h3-9,12,19H,10-11,13-14H2,1-2H3. The van der Waals surface area contributed by atoms with Crippen molar-refractivity contribution in [3.63, 3.8) is 0 Å². The number of carbonyl (C=O) groups excluding carboxylic acids is 1. The first kappa shape index (κ1) is 17.5. The number of aromatic nitrogens is 2. The monoisotopic (exact) mass is 361 g/mol. The molecule has 0 saturated carbocycles. The zero-order valence-corrected chi connectivity index (χ0v) is 15.7. The number of likely N-dealkylation sites (tertiary alicyclic amines) is 1. The van der Waals surface area contributed by atoms with Crippen LogP contribution in [0.1, 0.15) is 34.9 Å². The minimum Gasteiger partial charge on any atom is -0.342 e. The van der Waals surface area contributed by atoms with Crippen LogP contribution >= 0.6 is 0 Å². The average molecular weight is 361 g/mol. The second kappa shape index (κ2) is 7.35. The molecule has 3 aromatic rings. The van der Waals surface area contributed by atoms with Crippen molar-refractivity contribution in [1.82, 2.24) is 15.0 Å². The zero-order valence-electron chi connectivity index (χ0n) is 15.7. The van der Waals surface area contributed by atoms with Gasteiger partial charge in [0.25, 0.3) is 0 Å². The van der Waals surface area contributed by atoms with Crippen LogP contribution in [0.25, 0.3) is 11.4 Å². The second-order valence-electron chi connectivity index (χ2n) is 7.30. The van der Waals surface area contributed by atoms with Gasteiger partial charge in [0.1, 0.15) is 0 Å². The van der Waals surface area contributed by atoms with Gasteiger partial charge in [0.2, 0.25) is 17.6 Å². The second-order valence-corrected chi connectivity index (χ2v) is 7.30. The molecule has 138 valence electrons. The molecule has 1 unspecified atom stereocenters. The Balaban J connectivity index is 1.41. The summed E-state index contributed by atoms with van der Waals surface area (Å²) in [5.74, 6) is 1.26. The molecule has 1 fully saturated rings. The van der Waals surface area contributed by atoms with E-state index in [2.05, 4.69) is 41.3 Å². The summed E-state index contributed by atoms with van der Waals surface area (Å²) < 4.78 is 5.48. The molecule has 2 heterocycles. The number of aryl methyl sites for hydroxylation is 2. The van der Waals surface area contributed by atoms with Crippen LogP contribution in [0.5, 0.6) is 0 Å². The van der Waals surface area contributed by atoms with E-state index in [9.17, 15) is 4.79 Å². The predicted molar refractivity (Wildman–Crippen MR) is 103 cm³/mol. The summed E-state index contributed by atoms with van der Waals surface area (Å²) in [5.41, 5.74) is 4.58. The zero-order chi connectivity index (χ0) is 18.8. The molecular weight excluding hydrogens is 338 g/mol. The predicted octanol–water partition coefficient (Wildman–Crippen LogP) is 3.91. The van der Waals surface area contributed by atoms with Crippen molar-refractivity contribution in [1.29, 1.82) is 0 Å². The van der Waals surface area contributed by atoms with Crippen LogP contribution < -0.4 is 0 Å². The Hall–Kier alpha value is -2.95. The highest BCUT2D eigenvalue weighted by Crippen LogP contribution is 2.29. The molecule has 1 aliphatic heterocycles. The molecular formula is C22H23N3O2. The molecule has 1 saturated heterocycles. The molecule has 27 heavy (non-hydrogen) atoms. The van der Waals surface area contributed by atoms with Crippen molar-refractivity contribution in [3.8, 4) is 11.4 Å². The molecule has 0 aliphatic carbocycles. The Morgan fingerprint density at radius 2 is 1.93 bits per heavy atom. The van der Waals surface area contributed by atoms with Crippen molar-refractivity contribution >= 4 is 5.91 Å². The fraction of sp³-hybridized carbons (Fsp3) is 0.318. The summed E-state index contributed by atoms with van der Waals surface area (Å²) in [4.78, 5) is 18.8. The molecule has 5 heteroatoms. The van der Waals surface area contributed by atoms with Gasteiger partial charge < -0.3 is 9.42 Å². The van der Waals surface area contributed by atoms with Gasteiger partial charge in [-0.2, -0.15) is 4.98 Å². The summed E-state index contributed by atoms with van der Waals surface area (Å²) in [6.45, 7) is 5.47. The van der Waals surface area contributed by atoms with Gasteiger partial charge in [-0.05, 0) is 31.9 Å². The lowest BCUT2D eigenvalue weighted by molar-refractivity contribution is -0.127. The number of hydrogen-bond donors (Lipinski definition) is 0. The van der Waals surface area contributed by atoms with Gasteiger partial charge >= 0.3 is 0 Å². The maximum absolute atomic E-state index is 12.4. The lowest BCUT2D eigenvalue weighted by Crippen LogP contribution is -2.27. The molecule has 1 amide bonds. The SMILES string of the molecule is Cc1ccc(CCN2CC(c3nc(-c4cccc(C)c4)no3)CC2=O)cc1. The van der Waals surface area contributed by atoms with E-state index in [4.69, 9.17) is 4.52 Å². The van der Waals surface area contributed by atoms with Crippen molar-refractivity contribution in [2.24, 2.45) is 0 Å². The smallest absolute Gasteiger partial charge is 0.232 e. The molecule has 1 aromatic heterocycles. The van der Waals surface area contributed by atoms with Crippen molar-refractivity contribution in [3.05, 3.63) is 71.1 Å². The first-order chi connectivity index (χ1) is 13.1. The normalized spacial score (nSPS) is 16.9. The van der Waals surface area contributed by atoms with Gasteiger partial charge in [-0.25, -0.2) is 0 Å². The summed E-state index contributed by atoms with van der Waals surface area (Å²) in [5, 5.41) is 4.11. The third-order valence-corrected chi connectivity index (χ3v) is 5.07. The molecule has 5 nitrogen and oxygen atoms in total. The van der Waals surface area contributed by atoms with Crippen molar-refractivity contribution in [2.75, 3.05) is 13.1 Å². The van der Waals surface area contributed by atoms with E-state index in [0.29, 0.717) is 24.7 Å². The average Bonchev–Trinajstić information content (AvgIpc) is 3.28. The molecule has 0 N–H and O–H groups in total. The third-order valence-electron chi connectivity index (χ3n) is 5.07. The number of rotatable bonds is 5. The van der Waals surface area contributed by atoms with Gasteiger partial charge in [-0.15, -0.1) is 0 Å². The van der Waals surface area contributed by atoms with Crippen LogP contribution in [0.3, 0.4) is 0 Å². The molecule has 1 aliphatic rings. The number of nitrogens with zero attached hydrogens (tertiary/aromatic N) is 3. The Bertz CT molecular complexity index is 946. The van der Waals surface area contributed by atoms with Gasteiger partial charge in [-0.1, -0.05) is 58.7 Å². The van der Waals surface area contributed by atoms with Crippen LogP contribution in [0.4, 0.5) is 0 Å². The van der Waals surface area contributed by atoms with Crippen molar-refractivity contribution < 1.29 is 9.32 Å². The van der Waals surface area contributed by atoms with E-state index < -0.39 is 0 Å². The Kier molecular flexibility index (Phi) is 4.75. The van der Waals surface area contributed by atoms with Gasteiger partial charge in [-0.3, -0.25) is 4.79 Å². The van der Waals surface area contributed by atoms with Gasteiger partial charge in [0.05, 0.1) is 5.92 Å². The number of hydrogen-bond acceptors (Lipinski definition) is 4. The fourth-order valence-corrected chi connectivity index (χ4v) is 3.47.